The highest BCUT2D eigenvalue weighted by Gasteiger charge is 2.39. The Balaban J connectivity index is 1.53. The standard InChI is InChI=1S/C22H40N2OS/c1-3-5-6-7-8-9-14-26-15-12-20-18-24-13-11-19(20)16-21(24)17-23-22(25)10-4-2/h4,19-21H,2-3,5-18H2,1H3,(H,23,25)/t19?,20?,21-/m0/s1. The Bertz CT molecular complexity index is 415. The zero-order valence-corrected chi connectivity index (χ0v) is 17.7. The summed E-state index contributed by atoms with van der Waals surface area (Å²) in [6, 6.07) is 0.564. The average Bonchev–Trinajstić information content (AvgIpc) is 2.66. The van der Waals surface area contributed by atoms with E-state index in [9.17, 15) is 4.79 Å². The van der Waals surface area contributed by atoms with Crippen LogP contribution in [0, 0.1) is 11.8 Å². The van der Waals surface area contributed by atoms with Gasteiger partial charge in [0, 0.05) is 25.6 Å². The Labute approximate surface area is 165 Å². The number of nitrogens with one attached hydrogen (secondary N) is 1. The van der Waals surface area contributed by atoms with Gasteiger partial charge in [0.25, 0.3) is 0 Å². The van der Waals surface area contributed by atoms with Gasteiger partial charge in [-0.05, 0) is 55.6 Å². The third kappa shape index (κ3) is 7.64. The summed E-state index contributed by atoms with van der Waals surface area (Å²) in [4.78, 5) is 14.3. The molecule has 0 aromatic heterocycles. The second-order valence-electron chi connectivity index (χ2n) is 8.16. The van der Waals surface area contributed by atoms with Gasteiger partial charge < -0.3 is 5.32 Å². The fourth-order valence-electron chi connectivity index (χ4n) is 4.54. The molecule has 0 spiro atoms. The predicted molar refractivity (Wildman–Crippen MR) is 115 cm³/mol. The van der Waals surface area contributed by atoms with E-state index in [4.69, 9.17) is 0 Å². The summed E-state index contributed by atoms with van der Waals surface area (Å²) in [6.45, 7) is 9.22. The zero-order valence-electron chi connectivity index (χ0n) is 16.9. The Morgan fingerprint density at radius 1 is 1.23 bits per heavy atom. The Hall–Kier alpha value is -0.480. The van der Waals surface area contributed by atoms with Gasteiger partial charge in [0.05, 0.1) is 0 Å². The van der Waals surface area contributed by atoms with Crippen LogP contribution in [0.2, 0.25) is 0 Å². The van der Waals surface area contributed by atoms with Crippen molar-refractivity contribution in [2.45, 2.75) is 77.2 Å². The molecule has 1 amide bonds. The van der Waals surface area contributed by atoms with Gasteiger partial charge in [0.1, 0.15) is 0 Å². The molecule has 3 fully saturated rings. The molecule has 3 unspecified atom stereocenters. The number of hydrogen-bond acceptors (Lipinski definition) is 3. The first-order valence-electron chi connectivity index (χ1n) is 10.9. The van der Waals surface area contributed by atoms with E-state index in [2.05, 4.69) is 35.5 Å². The fraction of sp³-hybridized carbons (Fsp3) is 0.864. The SMILES string of the molecule is C=CCC(=O)NC[C@@H]1CC2CCN1CC2CCSCCCCCCCC. The molecule has 26 heavy (non-hydrogen) atoms. The monoisotopic (exact) mass is 380 g/mol. The summed E-state index contributed by atoms with van der Waals surface area (Å²) < 4.78 is 0. The first-order chi connectivity index (χ1) is 12.7. The van der Waals surface area contributed by atoms with E-state index in [0.717, 1.165) is 18.4 Å². The van der Waals surface area contributed by atoms with Crippen LogP contribution in [-0.2, 0) is 4.79 Å². The second kappa shape index (κ2) is 12.8. The highest BCUT2D eigenvalue weighted by atomic mass is 32.2. The number of hydrogen-bond donors (Lipinski definition) is 1. The highest BCUT2D eigenvalue weighted by Crippen LogP contribution is 2.38. The lowest BCUT2D eigenvalue weighted by Crippen LogP contribution is -2.56. The summed E-state index contributed by atoms with van der Waals surface area (Å²) >= 11 is 2.17. The van der Waals surface area contributed by atoms with Gasteiger partial charge in [-0.3, -0.25) is 9.69 Å². The molecule has 0 aliphatic carbocycles. The number of nitrogens with zero attached hydrogens (tertiary/aromatic N) is 1. The smallest absolute Gasteiger partial charge is 0.223 e. The molecule has 0 radical (unpaired) electrons. The summed E-state index contributed by atoms with van der Waals surface area (Å²) in [5.74, 6) is 4.58. The Morgan fingerprint density at radius 3 is 2.77 bits per heavy atom. The first kappa shape index (κ1) is 21.8. The van der Waals surface area contributed by atoms with Crippen molar-refractivity contribution in [2.75, 3.05) is 31.1 Å². The number of carbonyl (C=O) groups is 1. The van der Waals surface area contributed by atoms with Crippen molar-refractivity contribution >= 4 is 17.7 Å². The maximum Gasteiger partial charge on any atom is 0.223 e. The molecule has 4 heteroatoms. The largest absolute Gasteiger partial charge is 0.354 e. The van der Waals surface area contributed by atoms with Gasteiger partial charge in [0.15, 0.2) is 0 Å². The maximum absolute atomic E-state index is 11.7. The number of piperidine rings is 3. The molecule has 3 rings (SSSR count). The van der Waals surface area contributed by atoms with Crippen molar-refractivity contribution in [3.05, 3.63) is 12.7 Å². The van der Waals surface area contributed by atoms with E-state index in [1.807, 2.05) is 0 Å². The summed E-state index contributed by atoms with van der Waals surface area (Å²) in [5.41, 5.74) is 0. The molecule has 3 saturated heterocycles. The van der Waals surface area contributed by atoms with Gasteiger partial charge in [0.2, 0.25) is 5.91 Å². The minimum atomic E-state index is 0.116. The molecule has 3 aliphatic heterocycles. The second-order valence-corrected chi connectivity index (χ2v) is 9.38. The maximum atomic E-state index is 11.7. The van der Waals surface area contributed by atoms with Crippen molar-refractivity contribution in [3.8, 4) is 0 Å². The fourth-order valence-corrected chi connectivity index (χ4v) is 5.63. The minimum absolute atomic E-state index is 0.116. The number of amides is 1. The summed E-state index contributed by atoms with van der Waals surface area (Å²) in [6.07, 6.45) is 14.6. The van der Waals surface area contributed by atoms with Crippen LogP contribution in [0.4, 0.5) is 0 Å². The predicted octanol–water partition coefficient (Wildman–Crippen LogP) is 4.87. The van der Waals surface area contributed by atoms with Gasteiger partial charge in [-0.1, -0.05) is 45.1 Å². The van der Waals surface area contributed by atoms with E-state index < -0.39 is 0 Å². The zero-order chi connectivity index (χ0) is 18.6. The lowest BCUT2D eigenvalue weighted by atomic mass is 9.74. The van der Waals surface area contributed by atoms with E-state index in [1.165, 1.54) is 82.4 Å². The van der Waals surface area contributed by atoms with Gasteiger partial charge >= 0.3 is 0 Å². The quantitative estimate of drug-likeness (QED) is 0.344. The molecule has 150 valence electrons. The van der Waals surface area contributed by atoms with Crippen LogP contribution in [0.25, 0.3) is 0 Å². The van der Waals surface area contributed by atoms with E-state index >= 15 is 0 Å². The average molecular weight is 381 g/mol. The van der Waals surface area contributed by atoms with Crippen LogP contribution in [0.3, 0.4) is 0 Å². The first-order valence-corrected chi connectivity index (χ1v) is 12.1. The van der Waals surface area contributed by atoms with Crippen LogP contribution in [0.15, 0.2) is 12.7 Å². The highest BCUT2D eigenvalue weighted by molar-refractivity contribution is 7.99. The number of unbranched alkanes of at least 4 members (excludes halogenated alkanes) is 5. The van der Waals surface area contributed by atoms with Gasteiger partial charge in [-0.15, -0.1) is 6.58 Å². The molecule has 2 bridgehead atoms. The van der Waals surface area contributed by atoms with E-state index in [-0.39, 0.29) is 5.91 Å². The number of fused-ring (bicyclic) bond motifs is 3. The van der Waals surface area contributed by atoms with Crippen LogP contribution in [0.5, 0.6) is 0 Å². The molecule has 0 aromatic carbocycles. The van der Waals surface area contributed by atoms with Crippen LogP contribution in [-0.4, -0.2) is 48.0 Å². The van der Waals surface area contributed by atoms with Crippen molar-refractivity contribution in [3.63, 3.8) is 0 Å². The summed E-state index contributed by atoms with van der Waals surface area (Å²) in [5, 5.41) is 3.08. The van der Waals surface area contributed by atoms with Gasteiger partial charge in [-0.25, -0.2) is 0 Å². The molecule has 0 saturated carbocycles. The normalized spacial score (nSPS) is 27.4. The number of thioether (sulfide) groups is 1. The molecule has 4 atom stereocenters. The van der Waals surface area contributed by atoms with Gasteiger partial charge in [-0.2, -0.15) is 11.8 Å². The Morgan fingerprint density at radius 2 is 2.04 bits per heavy atom. The number of carbonyl (C=O) groups excluding carboxylic acids is 1. The molecule has 0 aromatic rings. The third-order valence-electron chi connectivity index (χ3n) is 6.15. The lowest BCUT2D eigenvalue weighted by molar-refractivity contribution is -0.120. The molecule has 1 N–H and O–H groups in total. The lowest BCUT2D eigenvalue weighted by Gasteiger charge is -2.50. The van der Waals surface area contributed by atoms with E-state index in [0.29, 0.717) is 12.5 Å². The minimum Gasteiger partial charge on any atom is -0.354 e. The molecule has 3 heterocycles. The van der Waals surface area contributed by atoms with E-state index in [1.54, 1.807) is 6.08 Å². The van der Waals surface area contributed by atoms with Crippen molar-refractivity contribution < 1.29 is 4.79 Å². The van der Waals surface area contributed by atoms with Crippen molar-refractivity contribution in [1.29, 1.82) is 0 Å². The van der Waals surface area contributed by atoms with Crippen LogP contribution < -0.4 is 5.32 Å². The number of rotatable bonds is 14. The van der Waals surface area contributed by atoms with Crippen molar-refractivity contribution in [1.82, 2.24) is 10.2 Å². The van der Waals surface area contributed by atoms with Crippen molar-refractivity contribution in [2.24, 2.45) is 11.8 Å². The third-order valence-corrected chi connectivity index (χ3v) is 7.26. The molecule has 3 aliphatic rings. The van der Waals surface area contributed by atoms with Crippen LogP contribution >= 0.6 is 11.8 Å². The van der Waals surface area contributed by atoms with Crippen LogP contribution in [0.1, 0.15) is 71.1 Å². The topological polar surface area (TPSA) is 32.3 Å². The molecular weight excluding hydrogens is 340 g/mol. The summed E-state index contributed by atoms with van der Waals surface area (Å²) in [7, 11) is 0. The molecular formula is C22H40N2OS. The Kier molecular flexibility index (Phi) is 10.8. The molecule has 3 nitrogen and oxygen atoms in total.